The van der Waals surface area contributed by atoms with Gasteiger partial charge in [-0.25, -0.2) is 4.98 Å². The van der Waals surface area contributed by atoms with Crippen LogP contribution in [0.2, 0.25) is 10.0 Å². The lowest BCUT2D eigenvalue weighted by Gasteiger charge is -2.20. The van der Waals surface area contributed by atoms with Gasteiger partial charge < -0.3 is 10.2 Å². The van der Waals surface area contributed by atoms with Gasteiger partial charge in [0.2, 0.25) is 0 Å². The summed E-state index contributed by atoms with van der Waals surface area (Å²) in [7, 11) is 0. The van der Waals surface area contributed by atoms with Crippen molar-refractivity contribution < 1.29 is 4.79 Å². The van der Waals surface area contributed by atoms with Crippen LogP contribution in [0.3, 0.4) is 0 Å². The molecule has 0 aliphatic carbocycles. The van der Waals surface area contributed by atoms with Crippen molar-refractivity contribution in [3.05, 3.63) is 52.1 Å². The molecule has 0 spiro atoms. The molecule has 22 heavy (non-hydrogen) atoms. The van der Waals surface area contributed by atoms with Crippen LogP contribution in [-0.2, 0) is 0 Å². The average Bonchev–Trinajstić information content (AvgIpc) is 2.52. The van der Waals surface area contributed by atoms with Crippen LogP contribution in [0.4, 0.5) is 11.5 Å². The second kappa shape index (κ2) is 7.47. The Morgan fingerprint density at radius 1 is 1.14 bits per heavy atom. The maximum Gasteiger partial charge on any atom is 0.256 e. The van der Waals surface area contributed by atoms with Gasteiger partial charge in [0, 0.05) is 18.7 Å². The van der Waals surface area contributed by atoms with Gasteiger partial charge in [0.15, 0.2) is 0 Å². The first-order valence-electron chi connectivity index (χ1n) is 7.02. The average molecular weight is 338 g/mol. The van der Waals surface area contributed by atoms with Crippen LogP contribution in [0.1, 0.15) is 24.2 Å². The van der Waals surface area contributed by atoms with E-state index in [1.165, 1.54) is 6.07 Å². The minimum absolute atomic E-state index is 0.276. The zero-order chi connectivity index (χ0) is 16.1. The fourth-order valence-electron chi connectivity index (χ4n) is 2.06. The lowest BCUT2D eigenvalue weighted by Crippen LogP contribution is -2.22. The molecule has 2 aromatic rings. The Kier molecular flexibility index (Phi) is 5.63. The fraction of sp³-hybridized carbons (Fsp3) is 0.250. The molecular weight excluding hydrogens is 321 g/mol. The standard InChI is InChI=1S/C16H17Cl2N3O/c1-3-21(4-2)12-6-8-15(19-10-12)20-16(22)11-5-7-13(17)14(18)9-11/h5-10H,3-4H2,1-2H3,(H,19,20,22). The van der Waals surface area contributed by atoms with Crippen LogP contribution in [0.25, 0.3) is 0 Å². The highest BCUT2D eigenvalue weighted by Gasteiger charge is 2.09. The summed E-state index contributed by atoms with van der Waals surface area (Å²) in [5.74, 6) is 0.216. The molecule has 4 nitrogen and oxygen atoms in total. The van der Waals surface area contributed by atoms with E-state index < -0.39 is 0 Å². The molecule has 1 heterocycles. The van der Waals surface area contributed by atoms with Gasteiger partial charge in [0.05, 0.1) is 21.9 Å². The Balaban J connectivity index is 2.10. The minimum atomic E-state index is -0.276. The van der Waals surface area contributed by atoms with Gasteiger partial charge in [-0.1, -0.05) is 23.2 Å². The maximum atomic E-state index is 12.1. The number of nitrogens with zero attached hydrogens (tertiary/aromatic N) is 2. The summed E-state index contributed by atoms with van der Waals surface area (Å²) in [6.45, 7) is 5.99. The number of nitrogens with one attached hydrogen (secondary N) is 1. The molecule has 0 saturated heterocycles. The minimum Gasteiger partial charge on any atom is -0.371 e. The molecule has 0 atom stereocenters. The number of carbonyl (C=O) groups is 1. The zero-order valence-electron chi connectivity index (χ0n) is 12.4. The van der Waals surface area contributed by atoms with Crippen molar-refractivity contribution in [2.45, 2.75) is 13.8 Å². The molecule has 0 unspecified atom stereocenters. The van der Waals surface area contributed by atoms with Gasteiger partial charge in [0.25, 0.3) is 5.91 Å². The summed E-state index contributed by atoms with van der Waals surface area (Å²) in [5.41, 5.74) is 1.46. The number of amides is 1. The molecule has 1 amide bonds. The van der Waals surface area contributed by atoms with Gasteiger partial charge in [0.1, 0.15) is 5.82 Å². The van der Waals surface area contributed by atoms with Crippen LogP contribution in [0, 0.1) is 0 Å². The van der Waals surface area contributed by atoms with Crippen LogP contribution in [-0.4, -0.2) is 24.0 Å². The summed E-state index contributed by atoms with van der Waals surface area (Å²) in [4.78, 5) is 18.6. The van der Waals surface area contributed by atoms with Crippen LogP contribution in [0.15, 0.2) is 36.5 Å². The van der Waals surface area contributed by atoms with Crippen molar-refractivity contribution in [2.75, 3.05) is 23.3 Å². The first-order chi connectivity index (χ1) is 10.5. The SMILES string of the molecule is CCN(CC)c1ccc(NC(=O)c2ccc(Cl)c(Cl)c2)nc1. The quantitative estimate of drug-likeness (QED) is 0.874. The topological polar surface area (TPSA) is 45.2 Å². The van der Waals surface area contributed by atoms with E-state index in [0.29, 0.717) is 21.4 Å². The Morgan fingerprint density at radius 2 is 1.86 bits per heavy atom. The molecule has 1 N–H and O–H groups in total. The molecule has 0 bridgehead atoms. The number of hydrogen-bond acceptors (Lipinski definition) is 3. The normalized spacial score (nSPS) is 10.4. The number of rotatable bonds is 5. The van der Waals surface area contributed by atoms with Gasteiger partial charge >= 0.3 is 0 Å². The van der Waals surface area contributed by atoms with Crippen molar-refractivity contribution >= 4 is 40.6 Å². The van der Waals surface area contributed by atoms with Crippen molar-refractivity contribution in [3.8, 4) is 0 Å². The molecule has 0 saturated carbocycles. The molecule has 0 fully saturated rings. The Hall–Kier alpha value is -1.78. The van der Waals surface area contributed by atoms with E-state index in [1.807, 2.05) is 6.07 Å². The number of halogens is 2. The highest BCUT2D eigenvalue weighted by atomic mass is 35.5. The lowest BCUT2D eigenvalue weighted by molar-refractivity contribution is 0.102. The van der Waals surface area contributed by atoms with Gasteiger partial charge in [-0.05, 0) is 44.2 Å². The molecule has 0 aliphatic rings. The summed E-state index contributed by atoms with van der Waals surface area (Å²) < 4.78 is 0. The maximum absolute atomic E-state index is 12.1. The third kappa shape index (κ3) is 3.90. The monoisotopic (exact) mass is 337 g/mol. The molecule has 0 radical (unpaired) electrons. The number of anilines is 2. The first-order valence-corrected chi connectivity index (χ1v) is 7.78. The molecular formula is C16H17Cl2N3O. The van der Waals surface area contributed by atoms with Gasteiger partial charge in [-0.15, -0.1) is 0 Å². The number of aromatic nitrogens is 1. The first kappa shape index (κ1) is 16.6. The summed E-state index contributed by atoms with van der Waals surface area (Å²) in [5, 5.41) is 3.50. The van der Waals surface area contributed by atoms with Crippen molar-refractivity contribution in [3.63, 3.8) is 0 Å². The zero-order valence-corrected chi connectivity index (χ0v) is 13.9. The fourth-order valence-corrected chi connectivity index (χ4v) is 2.36. The summed E-state index contributed by atoms with van der Waals surface area (Å²) in [6.07, 6.45) is 1.75. The molecule has 1 aromatic heterocycles. The van der Waals surface area contributed by atoms with Crippen molar-refractivity contribution in [2.24, 2.45) is 0 Å². The predicted octanol–water partition coefficient (Wildman–Crippen LogP) is 4.49. The lowest BCUT2D eigenvalue weighted by atomic mass is 10.2. The second-order valence-electron chi connectivity index (χ2n) is 4.66. The number of hydrogen-bond donors (Lipinski definition) is 1. The van der Waals surface area contributed by atoms with Crippen molar-refractivity contribution in [1.29, 1.82) is 0 Å². The predicted molar refractivity (Wildman–Crippen MR) is 92.2 cm³/mol. The van der Waals surface area contributed by atoms with Crippen molar-refractivity contribution in [1.82, 2.24) is 4.98 Å². The molecule has 116 valence electrons. The Labute approximate surface area is 140 Å². The van der Waals surface area contributed by atoms with E-state index >= 15 is 0 Å². The highest BCUT2D eigenvalue weighted by Crippen LogP contribution is 2.23. The highest BCUT2D eigenvalue weighted by molar-refractivity contribution is 6.42. The van der Waals surface area contributed by atoms with Crippen LogP contribution < -0.4 is 10.2 Å². The number of carbonyl (C=O) groups excluding carboxylic acids is 1. The molecule has 0 aliphatic heterocycles. The van der Waals surface area contributed by atoms with E-state index in [2.05, 4.69) is 29.0 Å². The molecule has 1 aromatic carbocycles. The summed E-state index contributed by atoms with van der Waals surface area (Å²) >= 11 is 11.8. The van der Waals surface area contributed by atoms with E-state index in [-0.39, 0.29) is 5.91 Å². The van der Waals surface area contributed by atoms with E-state index in [1.54, 1.807) is 24.4 Å². The van der Waals surface area contributed by atoms with Crippen LogP contribution >= 0.6 is 23.2 Å². The van der Waals surface area contributed by atoms with Gasteiger partial charge in [-0.2, -0.15) is 0 Å². The number of pyridine rings is 1. The number of benzene rings is 1. The molecule has 2 rings (SSSR count). The molecule has 6 heteroatoms. The second-order valence-corrected chi connectivity index (χ2v) is 5.47. The van der Waals surface area contributed by atoms with E-state index in [9.17, 15) is 4.79 Å². The Bertz CT molecular complexity index is 655. The smallest absolute Gasteiger partial charge is 0.256 e. The van der Waals surface area contributed by atoms with E-state index in [4.69, 9.17) is 23.2 Å². The largest absolute Gasteiger partial charge is 0.371 e. The third-order valence-electron chi connectivity index (χ3n) is 3.30. The summed E-state index contributed by atoms with van der Waals surface area (Å²) in [6, 6.07) is 8.46. The van der Waals surface area contributed by atoms with Crippen LogP contribution in [0.5, 0.6) is 0 Å². The van der Waals surface area contributed by atoms with E-state index in [0.717, 1.165) is 18.8 Å². The van der Waals surface area contributed by atoms with Gasteiger partial charge in [-0.3, -0.25) is 4.79 Å². The Morgan fingerprint density at radius 3 is 2.41 bits per heavy atom. The third-order valence-corrected chi connectivity index (χ3v) is 4.04.